The number of rotatable bonds is 5. The van der Waals surface area contributed by atoms with E-state index in [4.69, 9.17) is 5.73 Å². The molecule has 0 radical (unpaired) electrons. The number of H-pyrrole nitrogens is 1. The van der Waals surface area contributed by atoms with Gasteiger partial charge in [0.25, 0.3) is 0 Å². The minimum absolute atomic E-state index is 0.0465. The molecule has 6 rings (SSSR count). The summed E-state index contributed by atoms with van der Waals surface area (Å²) >= 11 is 1.65. The van der Waals surface area contributed by atoms with Crippen LogP contribution < -0.4 is 11.1 Å². The molecule has 1 amide bonds. The van der Waals surface area contributed by atoms with Crippen LogP contribution in [0.5, 0.6) is 0 Å². The Labute approximate surface area is 213 Å². The van der Waals surface area contributed by atoms with Crippen LogP contribution in [0.3, 0.4) is 0 Å². The second kappa shape index (κ2) is 10.7. The molecule has 4 aromatic rings. The van der Waals surface area contributed by atoms with Crippen LogP contribution >= 0.6 is 11.8 Å². The summed E-state index contributed by atoms with van der Waals surface area (Å²) in [5, 5.41) is 5.03. The SMILES string of the molecule is Nc1ccc(-c2nc3ccc(NC(=O)C4CC4c4ccccc4)cc3[nH]2)cc1.O=CC1=CC=CSC1. The maximum absolute atomic E-state index is 12.6. The van der Waals surface area contributed by atoms with Crippen molar-refractivity contribution in [1.29, 1.82) is 0 Å². The van der Waals surface area contributed by atoms with Crippen LogP contribution in [-0.4, -0.2) is 27.9 Å². The lowest BCUT2D eigenvalue weighted by atomic mass is 10.1. The normalized spacial score (nSPS) is 18.1. The van der Waals surface area contributed by atoms with Gasteiger partial charge in [-0.1, -0.05) is 42.5 Å². The molecule has 2 aliphatic rings. The number of fused-ring (bicyclic) bond motifs is 1. The maximum atomic E-state index is 12.6. The molecule has 6 nitrogen and oxygen atoms in total. The standard InChI is InChI=1S/C23H20N4O.C6H6OS/c24-16-8-6-15(7-9-16)22-26-20-11-10-17(12-21(20)27-22)25-23(28)19-13-18(19)14-4-2-1-3-5-14;7-4-6-2-1-3-8-5-6/h1-12,18-19H,13,24H2,(H,25,28)(H,26,27);1-4H,5H2. The average Bonchev–Trinajstić information content (AvgIpc) is 3.63. The number of nitrogen functional groups attached to an aromatic ring is 1. The smallest absolute Gasteiger partial charge is 0.228 e. The molecular weight excluding hydrogens is 468 g/mol. The van der Waals surface area contributed by atoms with Crippen molar-refractivity contribution < 1.29 is 9.59 Å². The number of benzene rings is 3. The van der Waals surface area contributed by atoms with E-state index < -0.39 is 0 Å². The number of aromatic amines is 1. The second-order valence-corrected chi connectivity index (χ2v) is 9.68. The lowest BCUT2D eigenvalue weighted by molar-refractivity contribution is -0.117. The zero-order valence-electron chi connectivity index (χ0n) is 19.6. The number of nitrogens with zero attached hydrogens (tertiary/aromatic N) is 1. The van der Waals surface area contributed by atoms with E-state index in [1.807, 2.05) is 78.2 Å². The molecule has 4 N–H and O–H groups in total. The summed E-state index contributed by atoms with van der Waals surface area (Å²) in [6.07, 6.45) is 5.53. The summed E-state index contributed by atoms with van der Waals surface area (Å²) in [6, 6.07) is 23.6. The predicted octanol–water partition coefficient (Wildman–Crippen LogP) is 5.93. The molecule has 1 saturated carbocycles. The zero-order chi connectivity index (χ0) is 24.9. The monoisotopic (exact) mass is 494 g/mol. The van der Waals surface area contributed by atoms with Crippen LogP contribution in [0.4, 0.5) is 11.4 Å². The lowest BCUT2D eigenvalue weighted by Gasteiger charge is -2.05. The summed E-state index contributed by atoms with van der Waals surface area (Å²) in [5.74, 6) is 2.07. The van der Waals surface area contributed by atoms with Crippen molar-refractivity contribution in [3.63, 3.8) is 0 Å². The summed E-state index contributed by atoms with van der Waals surface area (Å²) in [4.78, 5) is 30.6. The highest BCUT2D eigenvalue weighted by Crippen LogP contribution is 2.47. The molecule has 0 spiro atoms. The van der Waals surface area contributed by atoms with Gasteiger partial charge in [-0.15, -0.1) is 11.8 Å². The molecule has 180 valence electrons. The highest BCUT2D eigenvalue weighted by molar-refractivity contribution is 8.02. The van der Waals surface area contributed by atoms with Crippen LogP contribution in [0.2, 0.25) is 0 Å². The molecule has 2 atom stereocenters. The van der Waals surface area contributed by atoms with Gasteiger partial charge in [-0.3, -0.25) is 9.59 Å². The molecule has 0 bridgehead atoms. The largest absolute Gasteiger partial charge is 0.399 e. The Morgan fingerprint density at radius 1 is 1.08 bits per heavy atom. The number of hydrogen-bond donors (Lipinski definition) is 3. The van der Waals surface area contributed by atoms with Gasteiger partial charge in [-0.2, -0.15) is 0 Å². The maximum Gasteiger partial charge on any atom is 0.228 e. The molecule has 1 aliphatic heterocycles. The van der Waals surface area contributed by atoms with Gasteiger partial charge in [-0.25, -0.2) is 4.98 Å². The number of hydrogen-bond acceptors (Lipinski definition) is 5. The van der Waals surface area contributed by atoms with Crippen LogP contribution in [0.25, 0.3) is 22.4 Å². The van der Waals surface area contributed by atoms with E-state index in [0.717, 1.165) is 57.8 Å². The molecule has 0 saturated heterocycles. The topological polar surface area (TPSA) is 101 Å². The van der Waals surface area contributed by atoms with Crippen molar-refractivity contribution in [3.8, 4) is 11.4 Å². The third kappa shape index (κ3) is 5.58. The van der Waals surface area contributed by atoms with Crippen molar-refractivity contribution in [2.45, 2.75) is 12.3 Å². The fourth-order valence-corrected chi connectivity index (χ4v) is 4.78. The molecule has 7 heteroatoms. The Morgan fingerprint density at radius 2 is 1.89 bits per heavy atom. The highest BCUT2D eigenvalue weighted by atomic mass is 32.2. The molecule has 1 aliphatic carbocycles. The van der Waals surface area contributed by atoms with Gasteiger partial charge in [0, 0.05) is 34.2 Å². The van der Waals surface area contributed by atoms with Crippen LogP contribution in [-0.2, 0) is 9.59 Å². The molecule has 1 fully saturated rings. The number of amides is 1. The van der Waals surface area contributed by atoms with Gasteiger partial charge in [0.05, 0.1) is 11.0 Å². The minimum Gasteiger partial charge on any atom is -0.399 e. The number of carbonyl (C=O) groups excluding carboxylic acids is 2. The Hall–Kier alpha value is -4.10. The van der Waals surface area contributed by atoms with Gasteiger partial charge in [0.15, 0.2) is 0 Å². The molecule has 3 aromatic carbocycles. The van der Waals surface area contributed by atoms with Crippen molar-refractivity contribution in [2.75, 3.05) is 16.8 Å². The number of thioether (sulfide) groups is 1. The Morgan fingerprint density at radius 3 is 2.58 bits per heavy atom. The summed E-state index contributed by atoms with van der Waals surface area (Å²) in [7, 11) is 0. The number of nitrogens with one attached hydrogen (secondary N) is 2. The van der Waals surface area contributed by atoms with E-state index in [1.165, 1.54) is 5.56 Å². The molecular formula is C29H26N4O2S. The van der Waals surface area contributed by atoms with E-state index in [2.05, 4.69) is 27.4 Å². The minimum atomic E-state index is 0.0465. The molecule has 1 aromatic heterocycles. The van der Waals surface area contributed by atoms with Crippen LogP contribution in [0.15, 0.2) is 95.9 Å². The number of imidazole rings is 1. The van der Waals surface area contributed by atoms with E-state index >= 15 is 0 Å². The Balaban J connectivity index is 0.000000286. The van der Waals surface area contributed by atoms with E-state index in [-0.39, 0.29) is 11.8 Å². The van der Waals surface area contributed by atoms with Gasteiger partial charge in [-0.05, 0) is 65.8 Å². The molecule has 2 heterocycles. The predicted molar refractivity (Wildman–Crippen MR) is 148 cm³/mol. The number of aldehydes is 1. The van der Waals surface area contributed by atoms with Crippen LogP contribution in [0, 0.1) is 5.92 Å². The van der Waals surface area contributed by atoms with E-state index in [0.29, 0.717) is 5.92 Å². The third-order valence-electron chi connectivity index (χ3n) is 6.17. The zero-order valence-corrected chi connectivity index (χ0v) is 20.4. The highest BCUT2D eigenvalue weighted by Gasteiger charge is 2.43. The fraction of sp³-hybridized carbons (Fsp3) is 0.138. The molecule has 2 unspecified atom stereocenters. The van der Waals surface area contributed by atoms with Gasteiger partial charge in [0.1, 0.15) is 12.1 Å². The second-order valence-electron chi connectivity index (χ2n) is 8.79. The summed E-state index contributed by atoms with van der Waals surface area (Å²) in [6.45, 7) is 0. The Bertz CT molecular complexity index is 1440. The molecule has 36 heavy (non-hydrogen) atoms. The van der Waals surface area contributed by atoms with Gasteiger partial charge < -0.3 is 16.0 Å². The number of allylic oxidation sites excluding steroid dienone is 2. The number of aromatic nitrogens is 2. The van der Waals surface area contributed by atoms with E-state index in [1.54, 1.807) is 11.8 Å². The number of nitrogens with two attached hydrogens (primary N) is 1. The Kier molecular flexibility index (Phi) is 7.00. The van der Waals surface area contributed by atoms with E-state index in [9.17, 15) is 9.59 Å². The van der Waals surface area contributed by atoms with Crippen molar-refractivity contribution in [2.24, 2.45) is 5.92 Å². The fourth-order valence-electron chi connectivity index (χ4n) is 4.14. The number of carbonyl (C=O) groups is 2. The quantitative estimate of drug-likeness (QED) is 0.236. The lowest BCUT2D eigenvalue weighted by Crippen LogP contribution is -2.14. The first-order chi connectivity index (χ1) is 17.6. The third-order valence-corrected chi connectivity index (χ3v) is 7.02. The average molecular weight is 495 g/mol. The van der Waals surface area contributed by atoms with Crippen molar-refractivity contribution in [1.82, 2.24) is 9.97 Å². The van der Waals surface area contributed by atoms with Gasteiger partial charge in [0.2, 0.25) is 5.91 Å². The van der Waals surface area contributed by atoms with Crippen molar-refractivity contribution >= 4 is 46.4 Å². The first kappa shape index (κ1) is 23.6. The first-order valence-electron chi connectivity index (χ1n) is 11.7. The first-order valence-corrected chi connectivity index (χ1v) is 12.8. The van der Waals surface area contributed by atoms with Gasteiger partial charge >= 0.3 is 0 Å². The summed E-state index contributed by atoms with van der Waals surface area (Å²) in [5.41, 5.74) is 12.1. The summed E-state index contributed by atoms with van der Waals surface area (Å²) < 4.78 is 0. The number of anilines is 2. The van der Waals surface area contributed by atoms with Crippen LogP contribution in [0.1, 0.15) is 17.9 Å². The van der Waals surface area contributed by atoms with Crippen molar-refractivity contribution in [3.05, 3.63) is 101 Å².